The van der Waals surface area contributed by atoms with E-state index in [1.165, 1.54) is 85.9 Å². The van der Waals surface area contributed by atoms with E-state index in [1.807, 2.05) is 12.2 Å². The fourth-order valence-electron chi connectivity index (χ4n) is 7.86. The maximum Gasteiger partial charge on any atom is 0.410 e. The SMILES string of the molecule is CNC(=O)c1c(-c2ccc(F)cc2)oc2cc(N(C)S(C)(=O)=O)c(C3=CCN(C(=O)OC(C)(C)C)C3)cc12.CNC(=O)c1c(-c2ccc(F)cc2)oc2cc(N(C)S(C)(=O)=O)c(C3=CCNC3)cc12. The second kappa shape index (κ2) is 19.2. The van der Waals surface area contributed by atoms with Crippen LogP contribution in [-0.2, 0) is 24.8 Å². The molecule has 0 bridgehead atoms. The lowest BCUT2D eigenvalue weighted by molar-refractivity contribution is 0.0306. The van der Waals surface area contributed by atoms with Gasteiger partial charge in [0.25, 0.3) is 11.8 Å². The van der Waals surface area contributed by atoms with Crippen molar-refractivity contribution in [1.82, 2.24) is 20.9 Å². The van der Waals surface area contributed by atoms with Gasteiger partial charge < -0.3 is 34.4 Å². The van der Waals surface area contributed by atoms with Crippen LogP contribution in [0.3, 0.4) is 0 Å². The van der Waals surface area contributed by atoms with Crippen LogP contribution in [0.5, 0.6) is 0 Å². The van der Waals surface area contributed by atoms with Crippen molar-refractivity contribution in [3.8, 4) is 22.6 Å². The molecule has 0 unspecified atom stereocenters. The number of sulfonamides is 2. The highest BCUT2D eigenvalue weighted by Gasteiger charge is 2.31. The normalized spacial score (nSPS) is 14.0. The first-order valence-corrected chi connectivity index (χ1v) is 25.2. The third-order valence-electron chi connectivity index (χ3n) is 11.5. The Morgan fingerprint density at radius 2 is 1.13 bits per heavy atom. The number of anilines is 2. The first-order valence-electron chi connectivity index (χ1n) is 21.5. The molecule has 0 atom stereocenters. The summed E-state index contributed by atoms with van der Waals surface area (Å²) < 4.78 is 96.5. The van der Waals surface area contributed by atoms with Crippen LogP contribution in [0, 0.1) is 11.6 Å². The van der Waals surface area contributed by atoms with Crippen molar-refractivity contribution in [1.29, 1.82) is 0 Å². The second-order valence-electron chi connectivity index (χ2n) is 17.4. The van der Waals surface area contributed by atoms with Crippen molar-refractivity contribution in [3.63, 3.8) is 0 Å². The number of nitrogens with zero attached hydrogens (tertiary/aromatic N) is 3. The average molecular weight is 987 g/mol. The van der Waals surface area contributed by atoms with Crippen LogP contribution < -0.4 is 24.6 Å². The highest BCUT2D eigenvalue weighted by Crippen LogP contribution is 2.42. The van der Waals surface area contributed by atoms with Gasteiger partial charge in [0.05, 0.1) is 35.0 Å². The molecule has 4 aromatic carbocycles. The third kappa shape index (κ3) is 10.5. The van der Waals surface area contributed by atoms with E-state index < -0.39 is 49.3 Å². The first-order chi connectivity index (χ1) is 32.4. The minimum Gasteiger partial charge on any atom is -0.455 e. The number of fused-ring (bicyclic) bond motifs is 2. The molecule has 6 aromatic rings. The molecule has 2 aromatic heterocycles. The first kappa shape index (κ1) is 49.9. The van der Waals surface area contributed by atoms with E-state index in [4.69, 9.17) is 13.6 Å². The van der Waals surface area contributed by atoms with Crippen LogP contribution in [-0.4, -0.2) is 112 Å². The molecule has 0 saturated carbocycles. The molecular formula is C49H52F2N6O10S2. The van der Waals surface area contributed by atoms with Gasteiger partial charge in [-0.05, 0) is 92.6 Å². The number of carbonyl (C=O) groups is 3. The summed E-state index contributed by atoms with van der Waals surface area (Å²) in [6, 6.07) is 17.8. The Hall–Kier alpha value is -7.03. The molecule has 3 amide bonds. The number of ether oxygens (including phenoxy) is 1. The molecule has 20 heteroatoms. The van der Waals surface area contributed by atoms with E-state index >= 15 is 0 Å². The molecule has 0 radical (unpaired) electrons. The van der Waals surface area contributed by atoms with Gasteiger partial charge in [0.15, 0.2) is 0 Å². The number of amides is 3. The summed E-state index contributed by atoms with van der Waals surface area (Å²) in [5, 5.41) is 9.44. The van der Waals surface area contributed by atoms with Crippen LogP contribution in [0.2, 0.25) is 0 Å². The lowest BCUT2D eigenvalue weighted by Crippen LogP contribution is -2.35. The zero-order valence-electron chi connectivity index (χ0n) is 39.4. The molecule has 0 aliphatic carbocycles. The summed E-state index contributed by atoms with van der Waals surface area (Å²) in [5.74, 6) is -1.10. The van der Waals surface area contributed by atoms with Crippen molar-refractivity contribution < 1.29 is 53.6 Å². The predicted molar refractivity (Wildman–Crippen MR) is 263 cm³/mol. The minimum absolute atomic E-state index is 0.184. The zero-order valence-corrected chi connectivity index (χ0v) is 41.0. The molecule has 2 aliphatic rings. The molecule has 0 saturated heterocycles. The van der Waals surface area contributed by atoms with Gasteiger partial charge >= 0.3 is 6.09 Å². The molecule has 8 rings (SSSR count). The van der Waals surface area contributed by atoms with Crippen LogP contribution >= 0.6 is 0 Å². The predicted octanol–water partition coefficient (Wildman–Crippen LogP) is 7.61. The molecule has 364 valence electrons. The monoisotopic (exact) mass is 986 g/mol. The molecule has 4 heterocycles. The third-order valence-corrected chi connectivity index (χ3v) is 13.9. The van der Waals surface area contributed by atoms with Gasteiger partial charge in [0.1, 0.15) is 39.9 Å². The van der Waals surface area contributed by atoms with E-state index in [1.54, 1.807) is 45.0 Å². The number of furan rings is 2. The van der Waals surface area contributed by atoms with E-state index in [2.05, 4.69) is 16.0 Å². The number of carbonyl (C=O) groups excluding carboxylic acids is 3. The Labute approximate surface area is 398 Å². The van der Waals surface area contributed by atoms with Crippen LogP contribution in [0.4, 0.5) is 25.0 Å². The summed E-state index contributed by atoms with van der Waals surface area (Å²) in [6.45, 7) is 7.04. The molecule has 0 spiro atoms. The summed E-state index contributed by atoms with van der Waals surface area (Å²) in [7, 11) is -1.30. The van der Waals surface area contributed by atoms with E-state index in [9.17, 15) is 40.0 Å². The van der Waals surface area contributed by atoms with Gasteiger partial charge in [0, 0.05) is 99.5 Å². The van der Waals surface area contributed by atoms with E-state index in [-0.39, 0.29) is 41.7 Å². The fraction of sp³-hybridized carbons (Fsp3) is 0.286. The largest absolute Gasteiger partial charge is 0.455 e. The lowest BCUT2D eigenvalue weighted by atomic mass is 9.98. The summed E-state index contributed by atoms with van der Waals surface area (Å²) in [5.41, 5.74) is 5.14. The van der Waals surface area contributed by atoms with E-state index in [0.29, 0.717) is 74.2 Å². The topological polar surface area (TPSA) is 201 Å². The number of hydrogen-bond acceptors (Lipinski definition) is 11. The Balaban J connectivity index is 0.000000208. The molecule has 69 heavy (non-hydrogen) atoms. The van der Waals surface area contributed by atoms with Gasteiger partial charge in [-0.25, -0.2) is 30.4 Å². The van der Waals surface area contributed by atoms with Crippen LogP contribution in [0.15, 0.2) is 93.8 Å². The molecular weight excluding hydrogens is 935 g/mol. The number of rotatable bonds is 10. The van der Waals surface area contributed by atoms with Crippen molar-refractivity contribution in [3.05, 3.63) is 119 Å². The van der Waals surface area contributed by atoms with Gasteiger partial charge in [0.2, 0.25) is 20.0 Å². The molecule has 2 aliphatic heterocycles. The Morgan fingerprint density at radius 1 is 0.696 bits per heavy atom. The van der Waals surface area contributed by atoms with Crippen molar-refractivity contribution >= 4 is 82.4 Å². The summed E-state index contributed by atoms with van der Waals surface area (Å²) >= 11 is 0. The minimum atomic E-state index is -3.67. The van der Waals surface area contributed by atoms with Crippen molar-refractivity contribution in [2.45, 2.75) is 26.4 Å². The summed E-state index contributed by atoms with van der Waals surface area (Å²) in [4.78, 5) is 40.0. The van der Waals surface area contributed by atoms with Gasteiger partial charge in [-0.3, -0.25) is 18.2 Å². The molecule has 16 nitrogen and oxygen atoms in total. The van der Waals surface area contributed by atoms with Gasteiger partial charge in [-0.1, -0.05) is 12.2 Å². The molecule has 3 N–H and O–H groups in total. The Kier molecular flexibility index (Phi) is 13.8. The smallest absolute Gasteiger partial charge is 0.410 e. The summed E-state index contributed by atoms with van der Waals surface area (Å²) in [6.07, 6.45) is 5.53. The Morgan fingerprint density at radius 3 is 1.51 bits per heavy atom. The van der Waals surface area contributed by atoms with Gasteiger partial charge in [-0.2, -0.15) is 0 Å². The van der Waals surface area contributed by atoms with Gasteiger partial charge in [-0.15, -0.1) is 0 Å². The fourth-order valence-corrected chi connectivity index (χ4v) is 8.88. The quantitative estimate of drug-likeness (QED) is 0.122. The maximum atomic E-state index is 13.6. The van der Waals surface area contributed by atoms with Crippen molar-refractivity contribution in [2.24, 2.45) is 0 Å². The molecule has 0 fully saturated rings. The van der Waals surface area contributed by atoms with Crippen LogP contribution in [0.1, 0.15) is 52.6 Å². The number of nitrogens with one attached hydrogen (secondary N) is 3. The number of benzene rings is 4. The lowest BCUT2D eigenvalue weighted by Gasteiger charge is -2.25. The Bertz CT molecular complexity index is 3300. The number of halogens is 2. The van der Waals surface area contributed by atoms with Crippen molar-refractivity contribution in [2.75, 3.05) is 75.5 Å². The average Bonchev–Trinajstić information content (AvgIpc) is 4.13. The second-order valence-corrected chi connectivity index (χ2v) is 21.5. The van der Waals surface area contributed by atoms with Crippen LogP contribution in [0.25, 0.3) is 55.7 Å². The maximum absolute atomic E-state index is 13.6. The number of hydrogen-bond donors (Lipinski definition) is 3. The highest BCUT2D eigenvalue weighted by atomic mass is 32.2. The van der Waals surface area contributed by atoms with E-state index in [0.717, 1.165) is 22.4 Å². The highest BCUT2D eigenvalue weighted by molar-refractivity contribution is 7.92. The standard InChI is InChI=1S/C27H30FN3O6S.C22H22FN3O4S/c1-27(2,3)37-26(33)31-12-11-17(15-31)19-13-20-22(14-21(19)30(5)38(6,34)35)36-24(23(20)25(32)29-4)16-7-9-18(28)10-8-16;1-24-22(27)20-17-10-16(14-8-9-25-12-14)18(26(2)31(3,28)29)11-19(17)30-21(20)13-4-6-15(23)7-5-13/h7-11,13-14H,12,15H2,1-6H3,(H,29,32);4-8,10-11,25H,9,12H2,1-3H3,(H,24,27). The zero-order chi connectivity index (χ0) is 50.3.